The van der Waals surface area contributed by atoms with Crippen molar-refractivity contribution in [1.82, 2.24) is 9.62 Å². The van der Waals surface area contributed by atoms with Crippen molar-refractivity contribution in [3.63, 3.8) is 0 Å². The van der Waals surface area contributed by atoms with Crippen LogP contribution in [-0.4, -0.2) is 45.6 Å². The summed E-state index contributed by atoms with van der Waals surface area (Å²) in [5.41, 5.74) is 0. The van der Waals surface area contributed by atoms with Crippen molar-refractivity contribution in [2.75, 3.05) is 26.7 Å². The Kier molecular flexibility index (Phi) is 5.61. The summed E-state index contributed by atoms with van der Waals surface area (Å²) < 4.78 is 33.2. The normalized spacial score (nSPS) is 21.2. The Morgan fingerprint density at radius 2 is 2.35 bits per heavy atom. The van der Waals surface area contributed by atoms with E-state index in [0.717, 1.165) is 11.3 Å². The molecule has 1 aliphatic rings. The molecule has 2 heterocycles. The van der Waals surface area contributed by atoms with Crippen molar-refractivity contribution in [2.24, 2.45) is 0 Å². The van der Waals surface area contributed by atoms with E-state index in [1.54, 1.807) is 6.07 Å². The van der Waals surface area contributed by atoms with Gasteiger partial charge < -0.3 is 10.1 Å². The molecule has 1 aromatic heterocycles. The molecule has 0 amide bonds. The average Bonchev–Trinajstić information content (AvgIpc) is 2.81. The molecule has 0 aromatic carbocycles. The predicted octanol–water partition coefficient (Wildman–Crippen LogP) is 2.03. The van der Waals surface area contributed by atoms with Crippen molar-refractivity contribution in [3.05, 3.63) is 14.7 Å². The number of rotatable bonds is 5. The van der Waals surface area contributed by atoms with Crippen molar-refractivity contribution in [1.29, 1.82) is 0 Å². The van der Waals surface area contributed by atoms with Crippen LogP contribution in [0, 0.1) is 0 Å². The molecule has 20 heavy (non-hydrogen) atoms. The van der Waals surface area contributed by atoms with E-state index in [2.05, 4.69) is 21.2 Å². The van der Waals surface area contributed by atoms with Gasteiger partial charge in [-0.15, -0.1) is 11.3 Å². The maximum absolute atomic E-state index is 12.7. The molecule has 1 saturated heterocycles. The van der Waals surface area contributed by atoms with Gasteiger partial charge in [0, 0.05) is 24.5 Å². The molecule has 0 bridgehead atoms. The van der Waals surface area contributed by atoms with Crippen molar-refractivity contribution in [3.8, 4) is 0 Å². The van der Waals surface area contributed by atoms with E-state index in [0.29, 0.717) is 34.9 Å². The van der Waals surface area contributed by atoms with Crippen LogP contribution in [0.3, 0.4) is 0 Å². The highest BCUT2D eigenvalue weighted by Crippen LogP contribution is 2.34. The third-order valence-electron chi connectivity index (χ3n) is 3.23. The van der Waals surface area contributed by atoms with Crippen LogP contribution < -0.4 is 5.32 Å². The zero-order chi connectivity index (χ0) is 14.8. The first kappa shape index (κ1) is 16.4. The number of halogens is 1. The Morgan fingerprint density at radius 1 is 1.60 bits per heavy atom. The average molecular weight is 383 g/mol. The lowest BCUT2D eigenvalue weighted by Crippen LogP contribution is -2.45. The molecule has 2 rings (SSSR count). The fourth-order valence-corrected chi connectivity index (χ4v) is 6.23. The van der Waals surface area contributed by atoms with Gasteiger partial charge in [-0.05, 0) is 35.5 Å². The molecule has 0 radical (unpaired) electrons. The van der Waals surface area contributed by atoms with Gasteiger partial charge in [-0.1, -0.05) is 6.92 Å². The summed E-state index contributed by atoms with van der Waals surface area (Å²) in [6, 6.07) is 1.75. The zero-order valence-electron chi connectivity index (χ0n) is 11.6. The van der Waals surface area contributed by atoms with Crippen molar-refractivity contribution in [2.45, 2.75) is 30.9 Å². The van der Waals surface area contributed by atoms with Crippen LogP contribution in [0.4, 0.5) is 0 Å². The van der Waals surface area contributed by atoms with Crippen LogP contribution in [0.5, 0.6) is 0 Å². The Balaban J connectivity index is 2.25. The lowest BCUT2D eigenvalue weighted by Gasteiger charge is -2.31. The Labute approximate surface area is 132 Å². The molecule has 1 aromatic rings. The lowest BCUT2D eigenvalue weighted by molar-refractivity contribution is -0.00278. The minimum absolute atomic E-state index is 0.00675. The smallest absolute Gasteiger partial charge is 0.245 e. The Bertz CT molecular complexity index is 559. The molecule has 1 atom stereocenters. The van der Waals surface area contributed by atoms with E-state index in [-0.39, 0.29) is 6.10 Å². The molecule has 1 fully saturated rings. The third-order valence-corrected chi connectivity index (χ3v) is 7.35. The molecule has 0 aliphatic carbocycles. The number of hydrogen-bond acceptors (Lipinski definition) is 5. The van der Waals surface area contributed by atoms with Crippen LogP contribution in [0.25, 0.3) is 0 Å². The maximum atomic E-state index is 12.7. The van der Waals surface area contributed by atoms with Crippen LogP contribution >= 0.6 is 27.3 Å². The second kappa shape index (κ2) is 6.85. The van der Waals surface area contributed by atoms with Gasteiger partial charge in [-0.25, -0.2) is 8.42 Å². The fraction of sp³-hybridized carbons (Fsp3) is 0.667. The summed E-state index contributed by atoms with van der Waals surface area (Å²) in [7, 11) is -1.60. The van der Waals surface area contributed by atoms with Gasteiger partial charge in [0.2, 0.25) is 10.0 Å². The molecule has 1 aliphatic heterocycles. The first-order valence-corrected chi connectivity index (χ1v) is 9.58. The summed E-state index contributed by atoms with van der Waals surface area (Å²) in [6.07, 6.45) is 0.815. The van der Waals surface area contributed by atoms with E-state index < -0.39 is 10.0 Å². The predicted molar refractivity (Wildman–Crippen MR) is 83.6 cm³/mol. The van der Waals surface area contributed by atoms with Gasteiger partial charge in [0.05, 0.1) is 16.5 Å². The summed E-state index contributed by atoms with van der Waals surface area (Å²) in [5.74, 6) is 0. The standard InChI is InChI=1S/C12H19BrN2O3S2/c1-3-9-8-15(4-5-18-9)20(16,17)11-6-10(7-14-2)19-12(11)13/h6,9,14H,3-5,7-8H2,1-2H3. The van der Waals surface area contributed by atoms with E-state index >= 15 is 0 Å². The first-order chi connectivity index (χ1) is 9.48. The highest BCUT2D eigenvalue weighted by atomic mass is 79.9. The number of thiophene rings is 1. The molecule has 8 heteroatoms. The van der Waals surface area contributed by atoms with Gasteiger partial charge in [0.25, 0.3) is 0 Å². The van der Waals surface area contributed by atoms with Crippen LogP contribution in [0.15, 0.2) is 14.7 Å². The van der Waals surface area contributed by atoms with Gasteiger partial charge >= 0.3 is 0 Å². The second-order valence-corrected chi connectivity index (χ2v) is 9.01. The van der Waals surface area contributed by atoms with Crippen LogP contribution in [0.1, 0.15) is 18.2 Å². The Hall–Kier alpha value is 0.01000. The minimum Gasteiger partial charge on any atom is -0.375 e. The van der Waals surface area contributed by atoms with E-state index in [1.165, 1.54) is 15.6 Å². The third kappa shape index (κ3) is 3.42. The number of nitrogens with one attached hydrogen (secondary N) is 1. The van der Waals surface area contributed by atoms with E-state index in [4.69, 9.17) is 4.74 Å². The number of ether oxygens (including phenoxy) is 1. The number of nitrogens with zero attached hydrogens (tertiary/aromatic N) is 1. The summed E-state index contributed by atoms with van der Waals surface area (Å²) in [6.45, 7) is 3.99. The molecular formula is C12H19BrN2O3S2. The van der Waals surface area contributed by atoms with Gasteiger partial charge in [0.15, 0.2) is 0 Å². The van der Waals surface area contributed by atoms with E-state index in [9.17, 15) is 8.42 Å². The van der Waals surface area contributed by atoms with Gasteiger partial charge in [0.1, 0.15) is 4.90 Å². The summed E-state index contributed by atoms with van der Waals surface area (Å²) >= 11 is 4.83. The maximum Gasteiger partial charge on any atom is 0.245 e. The fourth-order valence-electron chi connectivity index (χ4n) is 2.13. The van der Waals surface area contributed by atoms with E-state index in [1.807, 2.05) is 14.0 Å². The topological polar surface area (TPSA) is 58.6 Å². The SMILES string of the molecule is CCC1CN(S(=O)(=O)c2cc(CNC)sc2Br)CCO1. The number of morpholine rings is 1. The summed E-state index contributed by atoms with van der Waals surface area (Å²) in [4.78, 5) is 1.36. The molecule has 1 N–H and O–H groups in total. The monoisotopic (exact) mass is 382 g/mol. The minimum atomic E-state index is -3.44. The zero-order valence-corrected chi connectivity index (χ0v) is 14.8. The second-order valence-electron chi connectivity index (χ2n) is 4.65. The summed E-state index contributed by atoms with van der Waals surface area (Å²) in [5, 5.41) is 3.03. The molecule has 0 saturated carbocycles. The molecular weight excluding hydrogens is 364 g/mol. The van der Waals surface area contributed by atoms with Gasteiger partial charge in [-0.3, -0.25) is 0 Å². The van der Waals surface area contributed by atoms with Gasteiger partial charge in [-0.2, -0.15) is 4.31 Å². The molecule has 1 unspecified atom stereocenters. The van der Waals surface area contributed by atoms with Crippen molar-refractivity contribution < 1.29 is 13.2 Å². The highest BCUT2D eigenvalue weighted by molar-refractivity contribution is 9.11. The lowest BCUT2D eigenvalue weighted by atomic mass is 10.2. The first-order valence-electron chi connectivity index (χ1n) is 6.53. The largest absolute Gasteiger partial charge is 0.375 e. The number of sulfonamides is 1. The molecule has 0 spiro atoms. The quantitative estimate of drug-likeness (QED) is 0.846. The van der Waals surface area contributed by atoms with Crippen molar-refractivity contribution >= 4 is 37.3 Å². The molecule has 5 nitrogen and oxygen atoms in total. The van der Waals surface area contributed by atoms with Crippen LogP contribution in [-0.2, 0) is 21.3 Å². The number of hydrogen-bond donors (Lipinski definition) is 1. The Morgan fingerprint density at radius 3 is 3.00 bits per heavy atom. The highest BCUT2D eigenvalue weighted by Gasteiger charge is 2.32. The van der Waals surface area contributed by atoms with Crippen LogP contribution in [0.2, 0.25) is 0 Å². The molecule has 114 valence electrons.